The van der Waals surface area contributed by atoms with Gasteiger partial charge in [-0.05, 0) is 37.3 Å². The Morgan fingerprint density at radius 1 is 1.19 bits per heavy atom. The molecule has 0 unspecified atom stereocenters. The van der Waals surface area contributed by atoms with Crippen LogP contribution in [0.2, 0.25) is 5.02 Å². The summed E-state index contributed by atoms with van der Waals surface area (Å²) in [6, 6.07) is 11.4. The third-order valence-electron chi connectivity index (χ3n) is 3.64. The molecular weight excluding hydrogens is 359 g/mol. The molecule has 26 heavy (non-hydrogen) atoms. The molecule has 0 spiro atoms. The number of benzene rings is 2. The van der Waals surface area contributed by atoms with Crippen LogP contribution in [0.1, 0.15) is 12.5 Å². The van der Waals surface area contributed by atoms with E-state index in [0.29, 0.717) is 11.4 Å². The van der Waals surface area contributed by atoms with Crippen molar-refractivity contribution >= 4 is 29.1 Å². The van der Waals surface area contributed by atoms with Crippen LogP contribution >= 0.6 is 11.6 Å². The molecule has 5 nitrogen and oxygen atoms in total. The number of nitrogens with zero attached hydrogens (tertiary/aromatic N) is 1. The van der Waals surface area contributed by atoms with Crippen molar-refractivity contribution < 1.29 is 18.7 Å². The van der Waals surface area contributed by atoms with Gasteiger partial charge in [0.15, 0.2) is 6.61 Å². The van der Waals surface area contributed by atoms with Crippen LogP contribution in [-0.4, -0.2) is 31.5 Å². The predicted molar refractivity (Wildman–Crippen MR) is 99.1 cm³/mol. The van der Waals surface area contributed by atoms with Gasteiger partial charge in [0, 0.05) is 25.7 Å². The van der Waals surface area contributed by atoms with Gasteiger partial charge >= 0.3 is 0 Å². The molecule has 0 bridgehead atoms. The van der Waals surface area contributed by atoms with Gasteiger partial charge in [0.05, 0.1) is 5.02 Å². The summed E-state index contributed by atoms with van der Waals surface area (Å²) in [5.41, 5.74) is 1.57. The zero-order chi connectivity index (χ0) is 19.1. The van der Waals surface area contributed by atoms with E-state index in [4.69, 9.17) is 16.3 Å². The number of ether oxygens (including phenoxy) is 1. The summed E-state index contributed by atoms with van der Waals surface area (Å²) in [7, 11) is 0. The van der Waals surface area contributed by atoms with Crippen molar-refractivity contribution in [3.63, 3.8) is 0 Å². The summed E-state index contributed by atoms with van der Waals surface area (Å²) in [5.74, 6) is -0.485. The molecule has 0 aromatic heterocycles. The Kier molecular flexibility index (Phi) is 6.97. The molecule has 0 saturated heterocycles. The van der Waals surface area contributed by atoms with Crippen LogP contribution in [0.4, 0.5) is 10.1 Å². The lowest BCUT2D eigenvalue weighted by atomic mass is 10.2. The predicted octanol–water partition coefficient (Wildman–Crippen LogP) is 3.34. The molecule has 2 amide bonds. The van der Waals surface area contributed by atoms with Gasteiger partial charge in [-0.25, -0.2) is 4.39 Å². The number of halogens is 2. The van der Waals surface area contributed by atoms with Crippen molar-refractivity contribution in [3.8, 4) is 5.75 Å². The van der Waals surface area contributed by atoms with E-state index in [1.54, 1.807) is 12.1 Å². The molecule has 2 aromatic carbocycles. The maximum absolute atomic E-state index is 13.3. The molecule has 0 saturated carbocycles. The van der Waals surface area contributed by atoms with E-state index in [-0.39, 0.29) is 36.5 Å². The van der Waals surface area contributed by atoms with Crippen LogP contribution in [0.3, 0.4) is 0 Å². The van der Waals surface area contributed by atoms with Crippen molar-refractivity contribution in [1.82, 2.24) is 5.32 Å². The molecule has 138 valence electrons. The number of hydrogen-bond acceptors (Lipinski definition) is 3. The Balaban J connectivity index is 1.83. The number of anilines is 1. The number of hydrogen-bond donors (Lipinski definition) is 1. The number of aryl methyl sites for hydroxylation is 1. The lowest BCUT2D eigenvalue weighted by Gasteiger charge is -2.21. The summed E-state index contributed by atoms with van der Waals surface area (Å²) in [5, 5.41) is 2.62. The van der Waals surface area contributed by atoms with E-state index in [0.717, 1.165) is 5.56 Å². The maximum atomic E-state index is 13.3. The molecule has 0 aliphatic rings. The molecule has 0 atom stereocenters. The van der Waals surface area contributed by atoms with Crippen LogP contribution < -0.4 is 15.0 Å². The standard InChI is InChI=1S/C19H20ClFN2O3/c1-13-3-6-16(7-4-13)26-12-19(25)22-9-10-23(14(2)24)15-5-8-18(21)17(20)11-15/h3-8,11H,9-10,12H2,1-2H3,(H,22,25). The van der Waals surface area contributed by atoms with Gasteiger partial charge in [-0.15, -0.1) is 0 Å². The normalized spacial score (nSPS) is 10.3. The van der Waals surface area contributed by atoms with Crippen LogP contribution in [-0.2, 0) is 9.59 Å². The summed E-state index contributed by atoms with van der Waals surface area (Å²) < 4.78 is 18.7. The molecule has 2 rings (SSSR count). The second kappa shape index (κ2) is 9.20. The zero-order valence-corrected chi connectivity index (χ0v) is 15.3. The van der Waals surface area contributed by atoms with Crippen LogP contribution in [0, 0.1) is 12.7 Å². The minimum absolute atomic E-state index is 0.0655. The lowest BCUT2D eigenvalue weighted by Crippen LogP contribution is -2.39. The number of amides is 2. The van der Waals surface area contributed by atoms with Gasteiger partial charge in [-0.3, -0.25) is 9.59 Å². The van der Waals surface area contributed by atoms with Crippen LogP contribution in [0.25, 0.3) is 0 Å². The van der Waals surface area contributed by atoms with Crippen LogP contribution in [0.5, 0.6) is 5.75 Å². The fourth-order valence-corrected chi connectivity index (χ4v) is 2.44. The molecule has 0 fully saturated rings. The summed E-state index contributed by atoms with van der Waals surface area (Å²) in [6.07, 6.45) is 0. The Bertz CT molecular complexity index is 781. The lowest BCUT2D eigenvalue weighted by molar-refractivity contribution is -0.123. The Morgan fingerprint density at radius 2 is 1.88 bits per heavy atom. The van der Waals surface area contributed by atoms with Gasteiger partial charge in [0.1, 0.15) is 11.6 Å². The van der Waals surface area contributed by atoms with Gasteiger partial charge in [0.2, 0.25) is 5.91 Å². The molecular formula is C19H20ClFN2O3. The smallest absolute Gasteiger partial charge is 0.258 e. The molecule has 0 radical (unpaired) electrons. The highest BCUT2D eigenvalue weighted by Gasteiger charge is 2.13. The molecule has 0 heterocycles. The van der Waals surface area contributed by atoms with Gasteiger partial charge in [-0.2, -0.15) is 0 Å². The second-order valence-corrected chi connectivity index (χ2v) is 6.13. The first-order valence-corrected chi connectivity index (χ1v) is 8.44. The van der Waals surface area contributed by atoms with E-state index in [2.05, 4.69) is 5.32 Å². The minimum atomic E-state index is -0.555. The molecule has 0 aliphatic carbocycles. The Hall–Kier alpha value is -2.60. The van der Waals surface area contributed by atoms with E-state index in [9.17, 15) is 14.0 Å². The highest BCUT2D eigenvalue weighted by atomic mass is 35.5. The second-order valence-electron chi connectivity index (χ2n) is 5.72. The fourth-order valence-electron chi connectivity index (χ4n) is 2.26. The third-order valence-corrected chi connectivity index (χ3v) is 3.93. The van der Waals surface area contributed by atoms with Crippen molar-refractivity contribution in [1.29, 1.82) is 0 Å². The summed E-state index contributed by atoms with van der Waals surface area (Å²) >= 11 is 5.76. The minimum Gasteiger partial charge on any atom is -0.484 e. The number of carbonyl (C=O) groups excluding carboxylic acids is 2. The van der Waals surface area contributed by atoms with E-state index in [1.807, 2.05) is 19.1 Å². The first-order chi connectivity index (χ1) is 12.4. The van der Waals surface area contributed by atoms with Crippen molar-refractivity contribution in [2.75, 3.05) is 24.6 Å². The fraction of sp³-hybridized carbons (Fsp3) is 0.263. The summed E-state index contributed by atoms with van der Waals surface area (Å²) in [4.78, 5) is 25.1. The first kappa shape index (κ1) is 19.7. The van der Waals surface area contributed by atoms with Gasteiger partial charge in [-0.1, -0.05) is 29.3 Å². The summed E-state index contributed by atoms with van der Waals surface area (Å²) in [6.45, 7) is 3.69. The molecule has 1 N–H and O–H groups in total. The largest absolute Gasteiger partial charge is 0.484 e. The number of nitrogens with one attached hydrogen (secondary N) is 1. The van der Waals surface area contributed by atoms with E-state index < -0.39 is 5.82 Å². The van der Waals surface area contributed by atoms with Crippen molar-refractivity contribution in [3.05, 3.63) is 58.9 Å². The topological polar surface area (TPSA) is 58.6 Å². The maximum Gasteiger partial charge on any atom is 0.258 e. The Morgan fingerprint density at radius 3 is 2.50 bits per heavy atom. The molecule has 7 heteroatoms. The van der Waals surface area contributed by atoms with Crippen molar-refractivity contribution in [2.24, 2.45) is 0 Å². The number of rotatable bonds is 7. The quantitative estimate of drug-likeness (QED) is 0.804. The van der Waals surface area contributed by atoms with E-state index >= 15 is 0 Å². The third kappa shape index (κ3) is 5.74. The van der Waals surface area contributed by atoms with Gasteiger partial charge in [0.25, 0.3) is 5.91 Å². The number of carbonyl (C=O) groups is 2. The average molecular weight is 379 g/mol. The van der Waals surface area contributed by atoms with Crippen LogP contribution in [0.15, 0.2) is 42.5 Å². The van der Waals surface area contributed by atoms with Crippen molar-refractivity contribution in [2.45, 2.75) is 13.8 Å². The molecule has 2 aromatic rings. The zero-order valence-electron chi connectivity index (χ0n) is 14.6. The van der Waals surface area contributed by atoms with Gasteiger partial charge < -0.3 is 15.0 Å². The monoisotopic (exact) mass is 378 g/mol. The first-order valence-electron chi connectivity index (χ1n) is 8.06. The highest BCUT2D eigenvalue weighted by Crippen LogP contribution is 2.22. The van der Waals surface area contributed by atoms with E-state index in [1.165, 1.54) is 30.0 Å². The molecule has 0 aliphatic heterocycles. The average Bonchev–Trinajstić information content (AvgIpc) is 2.60. The Labute approximate surface area is 156 Å². The SMILES string of the molecule is CC(=O)N(CCNC(=O)COc1ccc(C)cc1)c1ccc(F)c(Cl)c1. The highest BCUT2D eigenvalue weighted by molar-refractivity contribution is 6.31.